The maximum atomic E-state index is 12.5. The molecule has 0 bridgehead atoms. The first-order chi connectivity index (χ1) is 36.5. The fraction of sp³-hybridized carbons (Fsp3) is 0.912. The van der Waals surface area contributed by atoms with E-state index < -0.39 is 12.1 Å². The van der Waals surface area contributed by atoms with Crippen LogP contribution in [0.4, 0.5) is 0 Å². The number of allylic oxidation sites excluding steroid dienone is 4. The average molecular weight is 1040 g/mol. The van der Waals surface area contributed by atoms with E-state index in [2.05, 4.69) is 43.5 Å². The number of carbonyl (C=O) groups is 2. The van der Waals surface area contributed by atoms with Crippen LogP contribution in [0.5, 0.6) is 0 Å². The molecule has 0 aliphatic rings. The largest absolute Gasteiger partial charge is 0.466 e. The number of hydrogen-bond donors (Lipinski definition) is 3. The van der Waals surface area contributed by atoms with Gasteiger partial charge < -0.3 is 20.3 Å². The van der Waals surface area contributed by atoms with E-state index in [9.17, 15) is 19.8 Å². The summed E-state index contributed by atoms with van der Waals surface area (Å²) < 4.78 is 5.46. The van der Waals surface area contributed by atoms with Gasteiger partial charge in [0.05, 0.1) is 25.4 Å². The molecule has 0 aromatic carbocycles. The van der Waals surface area contributed by atoms with E-state index in [1.807, 2.05) is 0 Å². The Balaban J connectivity index is 3.42. The first-order valence-corrected chi connectivity index (χ1v) is 33.6. The second kappa shape index (κ2) is 63.9. The lowest BCUT2D eigenvalue weighted by molar-refractivity contribution is -0.143. The molecular weight excluding hydrogens is 911 g/mol. The van der Waals surface area contributed by atoms with Gasteiger partial charge in [0.15, 0.2) is 0 Å². The van der Waals surface area contributed by atoms with Crippen molar-refractivity contribution in [2.75, 3.05) is 13.2 Å². The Kier molecular flexibility index (Phi) is 62.4. The highest BCUT2D eigenvalue weighted by molar-refractivity contribution is 5.76. The summed E-state index contributed by atoms with van der Waals surface area (Å²) in [5.74, 6) is -0.0383. The molecule has 2 atom stereocenters. The van der Waals surface area contributed by atoms with Gasteiger partial charge in [0.25, 0.3) is 0 Å². The van der Waals surface area contributed by atoms with E-state index in [4.69, 9.17) is 4.74 Å². The molecule has 0 rings (SSSR count). The zero-order valence-electron chi connectivity index (χ0n) is 50.1. The molecule has 2 unspecified atom stereocenters. The van der Waals surface area contributed by atoms with Crippen LogP contribution < -0.4 is 5.32 Å². The van der Waals surface area contributed by atoms with Crippen molar-refractivity contribution >= 4 is 11.9 Å². The van der Waals surface area contributed by atoms with Crippen molar-refractivity contribution in [3.8, 4) is 0 Å². The van der Waals surface area contributed by atoms with Crippen LogP contribution in [0.25, 0.3) is 0 Å². The van der Waals surface area contributed by atoms with E-state index in [0.717, 1.165) is 44.9 Å². The fourth-order valence-electron chi connectivity index (χ4n) is 10.6. The van der Waals surface area contributed by atoms with E-state index in [1.165, 1.54) is 295 Å². The van der Waals surface area contributed by atoms with Gasteiger partial charge >= 0.3 is 5.97 Å². The maximum Gasteiger partial charge on any atom is 0.305 e. The second-order valence-electron chi connectivity index (χ2n) is 23.1. The number of esters is 1. The molecule has 0 spiro atoms. The zero-order chi connectivity index (χ0) is 53.6. The van der Waals surface area contributed by atoms with Gasteiger partial charge in [-0.25, -0.2) is 0 Å². The number of nitrogens with one attached hydrogen (secondary N) is 1. The standard InChI is InChI=1S/C68H131NO5/c1-3-5-7-9-11-13-15-16-17-18-19-20-21-22-25-28-31-34-37-41-44-48-52-56-60-66(71)65(64-70)69-67(72)61-57-53-49-45-42-38-35-32-29-26-23-24-27-30-33-36-39-43-47-51-55-59-63-74-68(73)62-58-54-50-46-40-14-12-10-8-6-4-2/h10,12,26,29,65-66,70-71H,3-9,11,13-25,27-28,30-64H2,1-2H3,(H,69,72)/b12-10-,29-26-. The highest BCUT2D eigenvalue weighted by atomic mass is 16.5. The lowest BCUT2D eigenvalue weighted by Crippen LogP contribution is -2.45. The monoisotopic (exact) mass is 1040 g/mol. The topological polar surface area (TPSA) is 95.9 Å². The molecule has 0 heterocycles. The number of hydrogen-bond acceptors (Lipinski definition) is 5. The van der Waals surface area contributed by atoms with Crippen LogP contribution in [0.1, 0.15) is 373 Å². The Morgan fingerprint density at radius 2 is 0.649 bits per heavy atom. The van der Waals surface area contributed by atoms with Crippen LogP contribution in [0, 0.1) is 0 Å². The van der Waals surface area contributed by atoms with Gasteiger partial charge in [-0.1, -0.05) is 314 Å². The molecule has 0 fully saturated rings. The lowest BCUT2D eigenvalue weighted by atomic mass is 10.0. The smallest absolute Gasteiger partial charge is 0.305 e. The minimum atomic E-state index is -0.670. The summed E-state index contributed by atoms with van der Waals surface area (Å²) in [4.78, 5) is 24.5. The van der Waals surface area contributed by atoms with Gasteiger partial charge in [-0.3, -0.25) is 9.59 Å². The third-order valence-electron chi connectivity index (χ3n) is 15.7. The van der Waals surface area contributed by atoms with Crippen LogP contribution >= 0.6 is 0 Å². The van der Waals surface area contributed by atoms with E-state index in [1.54, 1.807) is 0 Å². The molecule has 0 aliphatic carbocycles. The predicted octanol–water partition coefficient (Wildman–Crippen LogP) is 21.4. The number of carbonyl (C=O) groups excluding carboxylic acids is 2. The molecule has 6 nitrogen and oxygen atoms in total. The molecule has 0 aliphatic heterocycles. The molecule has 1 amide bonds. The molecule has 0 aromatic rings. The Hall–Kier alpha value is -1.66. The summed E-state index contributed by atoms with van der Waals surface area (Å²) in [6.45, 7) is 4.94. The normalized spacial score (nSPS) is 12.6. The van der Waals surface area contributed by atoms with Gasteiger partial charge in [0.2, 0.25) is 5.91 Å². The minimum absolute atomic E-state index is 0.000451. The van der Waals surface area contributed by atoms with Crippen molar-refractivity contribution in [1.82, 2.24) is 5.32 Å². The first kappa shape index (κ1) is 72.3. The Morgan fingerprint density at radius 3 is 1.00 bits per heavy atom. The van der Waals surface area contributed by atoms with Crippen molar-refractivity contribution in [2.24, 2.45) is 0 Å². The van der Waals surface area contributed by atoms with E-state index in [-0.39, 0.29) is 18.5 Å². The number of aliphatic hydroxyl groups excluding tert-OH is 2. The lowest BCUT2D eigenvalue weighted by Gasteiger charge is -2.22. The molecule has 3 N–H and O–H groups in total. The van der Waals surface area contributed by atoms with Gasteiger partial charge in [0, 0.05) is 12.8 Å². The zero-order valence-corrected chi connectivity index (χ0v) is 50.1. The maximum absolute atomic E-state index is 12.5. The number of unbranched alkanes of at least 4 members (excludes halogenated alkanes) is 48. The van der Waals surface area contributed by atoms with Gasteiger partial charge in [-0.05, 0) is 70.6 Å². The quantitative estimate of drug-likeness (QED) is 0.0320. The minimum Gasteiger partial charge on any atom is -0.466 e. The van der Waals surface area contributed by atoms with Crippen LogP contribution in [0.3, 0.4) is 0 Å². The Bertz CT molecular complexity index is 1150. The van der Waals surface area contributed by atoms with Crippen molar-refractivity contribution < 1.29 is 24.5 Å². The number of aliphatic hydroxyl groups is 2. The van der Waals surface area contributed by atoms with Crippen LogP contribution in [0.15, 0.2) is 24.3 Å². The van der Waals surface area contributed by atoms with Crippen LogP contribution in [-0.2, 0) is 14.3 Å². The molecule has 0 aromatic heterocycles. The van der Waals surface area contributed by atoms with E-state index in [0.29, 0.717) is 25.9 Å². The highest BCUT2D eigenvalue weighted by Gasteiger charge is 2.20. The molecular formula is C68H131NO5. The molecule has 6 heteroatoms. The van der Waals surface area contributed by atoms with Gasteiger partial charge in [0.1, 0.15) is 0 Å². The third-order valence-corrected chi connectivity index (χ3v) is 15.7. The molecule has 74 heavy (non-hydrogen) atoms. The molecule has 438 valence electrons. The van der Waals surface area contributed by atoms with Gasteiger partial charge in [-0.2, -0.15) is 0 Å². The van der Waals surface area contributed by atoms with Crippen molar-refractivity contribution in [3.63, 3.8) is 0 Å². The highest BCUT2D eigenvalue weighted by Crippen LogP contribution is 2.18. The fourth-order valence-corrected chi connectivity index (χ4v) is 10.6. The summed E-state index contributed by atoms with van der Waals surface area (Å²) in [6, 6.07) is -0.548. The van der Waals surface area contributed by atoms with Crippen molar-refractivity contribution in [1.29, 1.82) is 0 Å². The molecule has 0 radical (unpaired) electrons. The second-order valence-corrected chi connectivity index (χ2v) is 23.1. The number of ether oxygens (including phenoxy) is 1. The average Bonchev–Trinajstić information content (AvgIpc) is 3.40. The summed E-state index contributed by atoms with van der Waals surface area (Å²) in [6.07, 6.45) is 79.2. The Labute approximate surface area is 462 Å². The van der Waals surface area contributed by atoms with Gasteiger partial charge in [-0.15, -0.1) is 0 Å². The third kappa shape index (κ3) is 59.6. The van der Waals surface area contributed by atoms with Crippen LogP contribution in [-0.4, -0.2) is 47.4 Å². The van der Waals surface area contributed by atoms with Crippen LogP contribution in [0.2, 0.25) is 0 Å². The SMILES string of the molecule is CCCC/C=C\CCCCCCCC(=O)OCCCCCCCCCCCCC/C=C\CCCCCCCCCC(=O)NC(CO)C(O)CCCCCCCCCCCCCCCCCCCCCCCCCC. The summed E-state index contributed by atoms with van der Waals surface area (Å²) in [5, 5.41) is 23.4. The predicted molar refractivity (Wildman–Crippen MR) is 324 cm³/mol. The first-order valence-electron chi connectivity index (χ1n) is 33.6. The summed E-state index contributed by atoms with van der Waals surface area (Å²) >= 11 is 0. The Morgan fingerprint density at radius 1 is 0.365 bits per heavy atom. The number of rotatable bonds is 63. The number of amides is 1. The molecule has 0 saturated carbocycles. The van der Waals surface area contributed by atoms with Crippen molar-refractivity contribution in [2.45, 2.75) is 386 Å². The summed E-state index contributed by atoms with van der Waals surface area (Å²) in [5.41, 5.74) is 0. The van der Waals surface area contributed by atoms with E-state index >= 15 is 0 Å². The van der Waals surface area contributed by atoms with Crippen molar-refractivity contribution in [3.05, 3.63) is 24.3 Å². The molecule has 0 saturated heterocycles. The summed E-state index contributed by atoms with van der Waals surface area (Å²) in [7, 11) is 0.